The van der Waals surface area contributed by atoms with E-state index >= 15 is 0 Å². The minimum absolute atomic E-state index is 0.0700. The van der Waals surface area contributed by atoms with Gasteiger partial charge in [0, 0.05) is 39.0 Å². The lowest BCUT2D eigenvalue weighted by molar-refractivity contribution is 0.0134. The predicted molar refractivity (Wildman–Crippen MR) is 74.1 cm³/mol. The second-order valence-electron chi connectivity index (χ2n) is 5.19. The molecular formula is C14H23N3O2. The van der Waals surface area contributed by atoms with Gasteiger partial charge >= 0.3 is 0 Å². The van der Waals surface area contributed by atoms with Crippen LogP contribution in [0.5, 0.6) is 0 Å². The highest BCUT2D eigenvalue weighted by atomic mass is 16.5. The van der Waals surface area contributed by atoms with Gasteiger partial charge in [-0.25, -0.2) is 0 Å². The maximum atomic E-state index is 12.6. The van der Waals surface area contributed by atoms with Gasteiger partial charge in [-0.05, 0) is 31.9 Å². The summed E-state index contributed by atoms with van der Waals surface area (Å²) in [6, 6.07) is 3.92. The molecule has 2 atom stereocenters. The number of likely N-dealkylation sites (tertiary alicyclic amines) is 1. The zero-order chi connectivity index (χ0) is 14.0. The van der Waals surface area contributed by atoms with E-state index in [0.29, 0.717) is 13.1 Å². The number of aryl methyl sites for hydroxylation is 1. The Balaban J connectivity index is 2.16. The topological polar surface area (TPSA) is 60.5 Å². The molecule has 1 aliphatic rings. The number of carbonyl (C=O) groups excluding carboxylic acids is 1. The molecule has 1 amide bonds. The standard InChI is InChI=1S/C14H23N3O2/c1-10-4-5-13(16(10)2)14(18)17-7-6-12(19-3)8-11(17)9-15/h4-5,11-12H,6-9,15H2,1-3H3. The first-order chi connectivity index (χ1) is 9.08. The van der Waals surface area contributed by atoms with Gasteiger partial charge in [-0.1, -0.05) is 0 Å². The lowest BCUT2D eigenvalue weighted by Gasteiger charge is -2.38. The normalized spacial score (nSPS) is 23.7. The second-order valence-corrected chi connectivity index (χ2v) is 5.19. The van der Waals surface area contributed by atoms with Crippen molar-refractivity contribution in [3.05, 3.63) is 23.5 Å². The van der Waals surface area contributed by atoms with Crippen molar-refractivity contribution >= 4 is 5.91 Å². The Labute approximate surface area is 114 Å². The average Bonchev–Trinajstić information content (AvgIpc) is 2.77. The Bertz CT molecular complexity index is 456. The van der Waals surface area contributed by atoms with E-state index in [4.69, 9.17) is 10.5 Å². The molecule has 106 valence electrons. The molecule has 0 aromatic carbocycles. The number of nitrogens with zero attached hydrogens (tertiary/aromatic N) is 2. The molecule has 5 nitrogen and oxygen atoms in total. The first-order valence-corrected chi connectivity index (χ1v) is 6.74. The van der Waals surface area contributed by atoms with Gasteiger partial charge in [0.1, 0.15) is 5.69 Å². The zero-order valence-electron chi connectivity index (χ0n) is 11.9. The van der Waals surface area contributed by atoms with Crippen molar-refractivity contribution in [3.63, 3.8) is 0 Å². The van der Waals surface area contributed by atoms with Crippen molar-refractivity contribution in [2.24, 2.45) is 12.8 Å². The Kier molecular flexibility index (Phi) is 4.27. The lowest BCUT2D eigenvalue weighted by atomic mass is 9.99. The van der Waals surface area contributed by atoms with Crippen molar-refractivity contribution in [2.45, 2.75) is 31.9 Å². The predicted octanol–water partition coefficient (Wildman–Crippen LogP) is 0.912. The van der Waals surface area contributed by atoms with Gasteiger partial charge < -0.3 is 19.9 Å². The summed E-state index contributed by atoms with van der Waals surface area (Å²) in [4.78, 5) is 14.5. The summed E-state index contributed by atoms with van der Waals surface area (Å²) in [5, 5.41) is 0. The summed E-state index contributed by atoms with van der Waals surface area (Å²) in [6.07, 6.45) is 1.91. The third-order valence-electron chi connectivity index (χ3n) is 4.13. The van der Waals surface area contributed by atoms with Crippen LogP contribution in [-0.2, 0) is 11.8 Å². The van der Waals surface area contributed by atoms with Crippen LogP contribution in [0.15, 0.2) is 12.1 Å². The van der Waals surface area contributed by atoms with Crippen molar-refractivity contribution in [2.75, 3.05) is 20.2 Å². The van der Waals surface area contributed by atoms with Gasteiger partial charge in [-0.15, -0.1) is 0 Å². The SMILES string of the molecule is COC1CCN(C(=O)c2ccc(C)n2C)C(CN)C1. The second kappa shape index (κ2) is 5.75. The smallest absolute Gasteiger partial charge is 0.270 e. The monoisotopic (exact) mass is 265 g/mol. The van der Waals surface area contributed by atoms with E-state index in [0.717, 1.165) is 24.2 Å². The molecule has 1 aromatic heterocycles. The summed E-state index contributed by atoms with van der Waals surface area (Å²) in [5.74, 6) is 0.0700. The third kappa shape index (κ3) is 2.67. The van der Waals surface area contributed by atoms with E-state index in [9.17, 15) is 4.79 Å². The Morgan fingerprint density at radius 1 is 1.53 bits per heavy atom. The van der Waals surface area contributed by atoms with E-state index in [1.54, 1.807) is 7.11 Å². The quantitative estimate of drug-likeness (QED) is 0.883. The minimum Gasteiger partial charge on any atom is -0.381 e. The summed E-state index contributed by atoms with van der Waals surface area (Å²) in [5.41, 5.74) is 7.62. The molecule has 2 rings (SSSR count). The van der Waals surface area contributed by atoms with Crippen LogP contribution in [0.25, 0.3) is 0 Å². The van der Waals surface area contributed by atoms with Crippen LogP contribution < -0.4 is 5.73 Å². The molecule has 0 radical (unpaired) electrons. The number of rotatable bonds is 3. The number of nitrogens with two attached hydrogens (primary N) is 1. The van der Waals surface area contributed by atoms with Crippen LogP contribution >= 0.6 is 0 Å². The fourth-order valence-corrected chi connectivity index (χ4v) is 2.69. The highest BCUT2D eigenvalue weighted by Gasteiger charge is 2.32. The van der Waals surface area contributed by atoms with Crippen LogP contribution in [-0.4, -0.2) is 47.7 Å². The molecule has 2 unspecified atom stereocenters. The number of hydrogen-bond donors (Lipinski definition) is 1. The number of amides is 1. The Hall–Kier alpha value is -1.33. The summed E-state index contributed by atoms with van der Waals surface area (Å²) in [7, 11) is 3.64. The largest absolute Gasteiger partial charge is 0.381 e. The van der Waals surface area contributed by atoms with Crippen molar-refractivity contribution in [1.82, 2.24) is 9.47 Å². The van der Waals surface area contributed by atoms with Gasteiger partial charge in [-0.3, -0.25) is 4.79 Å². The summed E-state index contributed by atoms with van der Waals surface area (Å²) in [6.45, 7) is 3.19. The number of aromatic nitrogens is 1. The maximum Gasteiger partial charge on any atom is 0.270 e. The lowest BCUT2D eigenvalue weighted by Crippen LogP contribution is -2.51. The van der Waals surface area contributed by atoms with Crippen molar-refractivity contribution in [3.8, 4) is 0 Å². The van der Waals surface area contributed by atoms with E-state index in [1.165, 1.54) is 0 Å². The van der Waals surface area contributed by atoms with E-state index < -0.39 is 0 Å². The van der Waals surface area contributed by atoms with E-state index in [1.807, 2.05) is 35.6 Å². The van der Waals surface area contributed by atoms with Gasteiger partial charge in [-0.2, -0.15) is 0 Å². The number of piperidine rings is 1. The number of carbonyl (C=O) groups is 1. The molecule has 1 aliphatic heterocycles. The average molecular weight is 265 g/mol. The van der Waals surface area contributed by atoms with Gasteiger partial charge in [0.25, 0.3) is 5.91 Å². The van der Waals surface area contributed by atoms with Crippen LogP contribution in [0.1, 0.15) is 29.0 Å². The first kappa shape index (κ1) is 14.1. The maximum absolute atomic E-state index is 12.6. The van der Waals surface area contributed by atoms with Crippen LogP contribution in [0.2, 0.25) is 0 Å². The van der Waals surface area contributed by atoms with Gasteiger partial charge in [0.2, 0.25) is 0 Å². The fourth-order valence-electron chi connectivity index (χ4n) is 2.69. The van der Waals surface area contributed by atoms with Crippen molar-refractivity contribution < 1.29 is 9.53 Å². The molecule has 2 heterocycles. The third-order valence-corrected chi connectivity index (χ3v) is 4.13. The summed E-state index contributed by atoms with van der Waals surface area (Å²) < 4.78 is 7.31. The molecule has 1 aromatic rings. The molecule has 0 aliphatic carbocycles. The van der Waals surface area contributed by atoms with E-state index in [-0.39, 0.29) is 18.1 Å². The molecule has 2 N–H and O–H groups in total. The number of ether oxygens (including phenoxy) is 1. The number of hydrogen-bond acceptors (Lipinski definition) is 3. The van der Waals surface area contributed by atoms with Crippen LogP contribution in [0.4, 0.5) is 0 Å². The molecular weight excluding hydrogens is 242 g/mol. The van der Waals surface area contributed by atoms with Gasteiger partial charge in [0.05, 0.1) is 6.10 Å². The van der Waals surface area contributed by atoms with Crippen LogP contribution in [0, 0.1) is 6.92 Å². The first-order valence-electron chi connectivity index (χ1n) is 6.74. The molecule has 0 saturated carbocycles. The molecule has 0 bridgehead atoms. The molecule has 0 spiro atoms. The van der Waals surface area contributed by atoms with Crippen molar-refractivity contribution in [1.29, 1.82) is 0 Å². The Morgan fingerprint density at radius 3 is 2.79 bits per heavy atom. The molecule has 1 fully saturated rings. The Morgan fingerprint density at radius 2 is 2.26 bits per heavy atom. The van der Waals surface area contributed by atoms with E-state index in [2.05, 4.69) is 0 Å². The zero-order valence-corrected chi connectivity index (χ0v) is 11.9. The fraction of sp³-hybridized carbons (Fsp3) is 0.643. The van der Waals surface area contributed by atoms with Gasteiger partial charge in [0.15, 0.2) is 0 Å². The highest BCUT2D eigenvalue weighted by Crippen LogP contribution is 2.21. The highest BCUT2D eigenvalue weighted by molar-refractivity contribution is 5.93. The molecule has 19 heavy (non-hydrogen) atoms. The molecule has 1 saturated heterocycles. The minimum atomic E-state index is 0.0700. The van der Waals surface area contributed by atoms with Crippen LogP contribution in [0.3, 0.4) is 0 Å². The summed E-state index contributed by atoms with van der Waals surface area (Å²) >= 11 is 0. The number of methoxy groups -OCH3 is 1. The molecule has 5 heteroatoms.